The Morgan fingerprint density at radius 3 is 2.77 bits per heavy atom. The maximum Gasteiger partial charge on any atom is 0.263 e. The number of aryl methyl sites for hydroxylation is 1. The number of carbonyl (C=O) groups excluding carboxylic acids is 1. The molecule has 26 heavy (non-hydrogen) atoms. The number of benzene rings is 1. The van der Waals surface area contributed by atoms with E-state index in [1.165, 1.54) is 17.1 Å². The van der Waals surface area contributed by atoms with Gasteiger partial charge in [-0.25, -0.2) is 4.98 Å². The SMILES string of the molecule is Cc1ncc(C(=O)N2CCc3c([nH]c4ccccc34)[C@H]2C(C)C)c(=O)[nH]1. The first-order chi connectivity index (χ1) is 12.5. The summed E-state index contributed by atoms with van der Waals surface area (Å²) in [5.41, 5.74) is 3.16. The van der Waals surface area contributed by atoms with Crippen LogP contribution in [0, 0.1) is 12.8 Å². The van der Waals surface area contributed by atoms with Gasteiger partial charge >= 0.3 is 0 Å². The van der Waals surface area contributed by atoms with E-state index >= 15 is 0 Å². The molecule has 134 valence electrons. The van der Waals surface area contributed by atoms with E-state index < -0.39 is 0 Å². The van der Waals surface area contributed by atoms with E-state index in [4.69, 9.17) is 0 Å². The number of nitrogens with one attached hydrogen (secondary N) is 2. The lowest BCUT2D eigenvalue weighted by molar-refractivity contribution is 0.0596. The average molecular weight is 350 g/mol. The maximum absolute atomic E-state index is 13.1. The summed E-state index contributed by atoms with van der Waals surface area (Å²) in [6.07, 6.45) is 2.15. The summed E-state index contributed by atoms with van der Waals surface area (Å²) in [4.78, 5) is 37.4. The maximum atomic E-state index is 13.1. The molecule has 1 atom stereocenters. The topological polar surface area (TPSA) is 81.8 Å². The normalized spacial score (nSPS) is 16.9. The second-order valence-corrected chi connectivity index (χ2v) is 7.21. The highest BCUT2D eigenvalue weighted by molar-refractivity contribution is 5.94. The van der Waals surface area contributed by atoms with Crippen molar-refractivity contribution < 1.29 is 4.79 Å². The number of aromatic nitrogens is 3. The zero-order valence-electron chi connectivity index (χ0n) is 15.2. The second-order valence-electron chi connectivity index (χ2n) is 7.21. The molecule has 0 saturated carbocycles. The Bertz CT molecular complexity index is 1050. The molecule has 6 nitrogen and oxygen atoms in total. The molecule has 1 aromatic carbocycles. The van der Waals surface area contributed by atoms with Gasteiger partial charge in [0.25, 0.3) is 11.5 Å². The summed E-state index contributed by atoms with van der Waals surface area (Å²) in [7, 11) is 0. The van der Waals surface area contributed by atoms with Gasteiger partial charge in [-0.2, -0.15) is 0 Å². The third-order valence-corrected chi connectivity index (χ3v) is 5.13. The van der Waals surface area contributed by atoms with Crippen molar-refractivity contribution in [3.8, 4) is 0 Å². The quantitative estimate of drug-likeness (QED) is 0.745. The van der Waals surface area contributed by atoms with Crippen molar-refractivity contribution in [3.63, 3.8) is 0 Å². The van der Waals surface area contributed by atoms with Crippen molar-refractivity contribution in [2.45, 2.75) is 33.2 Å². The average Bonchev–Trinajstić information content (AvgIpc) is 2.98. The molecule has 4 rings (SSSR count). The third kappa shape index (κ3) is 2.53. The predicted molar refractivity (Wildman–Crippen MR) is 100 cm³/mol. The number of fused-ring (bicyclic) bond motifs is 3. The number of amides is 1. The lowest BCUT2D eigenvalue weighted by atomic mass is 9.90. The standard InChI is InChI=1S/C20H22N4O2/c1-11(2)18-17-14(13-6-4-5-7-16(13)23-17)8-9-24(18)20(26)15-10-21-12(3)22-19(15)25/h4-7,10-11,18,23H,8-9H2,1-3H3,(H,21,22,25)/t18-/m1/s1. The Hall–Kier alpha value is -2.89. The van der Waals surface area contributed by atoms with Crippen LogP contribution in [0.5, 0.6) is 0 Å². The smallest absolute Gasteiger partial charge is 0.263 e. The van der Waals surface area contributed by atoms with E-state index in [1.807, 2.05) is 17.0 Å². The molecule has 1 aliphatic rings. The molecular formula is C20H22N4O2. The number of para-hydroxylation sites is 1. The zero-order chi connectivity index (χ0) is 18.4. The molecule has 6 heteroatoms. The number of H-pyrrole nitrogens is 2. The minimum absolute atomic E-state index is 0.0978. The number of aromatic amines is 2. The molecule has 1 amide bonds. The van der Waals surface area contributed by atoms with Crippen LogP contribution in [0.3, 0.4) is 0 Å². The van der Waals surface area contributed by atoms with Gasteiger partial charge in [0, 0.05) is 29.3 Å². The molecule has 0 fully saturated rings. The van der Waals surface area contributed by atoms with Gasteiger partial charge in [-0.05, 0) is 30.9 Å². The summed E-state index contributed by atoms with van der Waals surface area (Å²) in [6.45, 7) is 6.49. The van der Waals surface area contributed by atoms with Crippen molar-refractivity contribution in [1.82, 2.24) is 19.9 Å². The van der Waals surface area contributed by atoms with Crippen LogP contribution in [-0.4, -0.2) is 32.3 Å². The largest absolute Gasteiger partial charge is 0.356 e. The lowest BCUT2D eigenvalue weighted by Gasteiger charge is -2.38. The fourth-order valence-electron chi connectivity index (χ4n) is 3.98. The lowest BCUT2D eigenvalue weighted by Crippen LogP contribution is -2.44. The highest BCUT2D eigenvalue weighted by atomic mass is 16.2. The van der Waals surface area contributed by atoms with Crippen LogP contribution in [0.15, 0.2) is 35.3 Å². The van der Waals surface area contributed by atoms with Crippen LogP contribution in [0.2, 0.25) is 0 Å². The van der Waals surface area contributed by atoms with Gasteiger partial charge in [0.2, 0.25) is 0 Å². The van der Waals surface area contributed by atoms with E-state index in [1.54, 1.807) is 6.92 Å². The molecule has 0 unspecified atom stereocenters. The number of rotatable bonds is 2. The van der Waals surface area contributed by atoms with Crippen LogP contribution in [-0.2, 0) is 6.42 Å². The first-order valence-corrected chi connectivity index (χ1v) is 8.93. The van der Waals surface area contributed by atoms with Crippen LogP contribution >= 0.6 is 0 Å². The van der Waals surface area contributed by atoms with Gasteiger partial charge in [-0.3, -0.25) is 9.59 Å². The molecule has 3 heterocycles. The van der Waals surface area contributed by atoms with Gasteiger partial charge in [-0.15, -0.1) is 0 Å². The van der Waals surface area contributed by atoms with Crippen LogP contribution in [0.1, 0.15) is 47.3 Å². The van der Waals surface area contributed by atoms with Crippen molar-refractivity contribution in [2.75, 3.05) is 6.54 Å². The Balaban J connectivity index is 1.80. The number of hydrogen-bond acceptors (Lipinski definition) is 3. The van der Waals surface area contributed by atoms with Crippen LogP contribution in [0.25, 0.3) is 10.9 Å². The summed E-state index contributed by atoms with van der Waals surface area (Å²) < 4.78 is 0. The first-order valence-electron chi connectivity index (χ1n) is 8.93. The molecule has 0 radical (unpaired) electrons. The van der Waals surface area contributed by atoms with Crippen molar-refractivity contribution >= 4 is 16.8 Å². The van der Waals surface area contributed by atoms with E-state index in [0.717, 1.165) is 17.6 Å². The van der Waals surface area contributed by atoms with Crippen molar-refractivity contribution in [1.29, 1.82) is 0 Å². The molecular weight excluding hydrogens is 328 g/mol. The number of hydrogen-bond donors (Lipinski definition) is 2. The highest BCUT2D eigenvalue weighted by Crippen LogP contribution is 2.38. The Morgan fingerprint density at radius 1 is 1.27 bits per heavy atom. The van der Waals surface area contributed by atoms with E-state index in [9.17, 15) is 9.59 Å². The van der Waals surface area contributed by atoms with Crippen molar-refractivity contribution in [2.24, 2.45) is 5.92 Å². The third-order valence-electron chi connectivity index (χ3n) is 5.13. The monoisotopic (exact) mass is 350 g/mol. The molecule has 0 bridgehead atoms. The molecule has 1 aliphatic heterocycles. The minimum atomic E-state index is -0.382. The highest BCUT2D eigenvalue weighted by Gasteiger charge is 2.36. The Morgan fingerprint density at radius 2 is 2.04 bits per heavy atom. The Labute approximate surface area is 151 Å². The first kappa shape index (κ1) is 16.6. The predicted octanol–water partition coefficient (Wildman–Crippen LogP) is 2.96. The van der Waals surface area contributed by atoms with Gasteiger partial charge < -0.3 is 14.9 Å². The van der Waals surface area contributed by atoms with Gasteiger partial charge in [0.15, 0.2) is 0 Å². The molecule has 2 N–H and O–H groups in total. The van der Waals surface area contributed by atoms with Gasteiger partial charge in [0.1, 0.15) is 11.4 Å². The summed E-state index contributed by atoms with van der Waals surface area (Å²) >= 11 is 0. The zero-order valence-corrected chi connectivity index (χ0v) is 15.2. The summed E-state index contributed by atoms with van der Waals surface area (Å²) in [5, 5.41) is 1.22. The Kier molecular flexibility index (Phi) is 3.90. The fraction of sp³-hybridized carbons (Fsp3) is 0.350. The minimum Gasteiger partial charge on any atom is -0.356 e. The van der Waals surface area contributed by atoms with Crippen molar-refractivity contribution in [3.05, 3.63) is 63.5 Å². The summed E-state index contributed by atoms with van der Waals surface area (Å²) in [5.74, 6) is 0.453. The molecule has 0 saturated heterocycles. The molecule has 2 aromatic heterocycles. The van der Waals surface area contributed by atoms with E-state index in [-0.39, 0.29) is 29.0 Å². The molecule has 0 aliphatic carbocycles. The van der Waals surface area contributed by atoms with Gasteiger partial charge in [0.05, 0.1) is 6.04 Å². The molecule has 3 aromatic rings. The number of nitrogens with zero attached hydrogens (tertiary/aromatic N) is 2. The molecule has 0 spiro atoms. The van der Waals surface area contributed by atoms with Crippen LogP contribution in [0.4, 0.5) is 0 Å². The van der Waals surface area contributed by atoms with E-state index in [0.29, 0.717) is 12.4 Å². The fourth-order valence-corrected chi connectivity index (χ4v) is 3.98. The van der Waals surface area contributed by atoms with E-state index in [2.05, 4.69) is 40.9 Å². The summed E-state index contributed by atoms with van der Waals surface area (Å²) in [6, 6.07) is 8.13. The van der Waals surface area contributed by atoms with Gasteiger partial charge in [-0.1, -0.05) is 32.0 Å². The second kappa shape index (κ2) is 6.12. The van der Waals surface area contributed by atoms with Crippen LogP contribution < -0.4 is 5.56 Å². The number of carbonyl (C=O) groups is 1.